The van der Waals surface area contributed by atoms with Gasteiger partial charge in [0.25, 0.3) is 0 Å². The summed E-state index contributed by atoms with van der Waals surface area (Å²) >= 11 is 0. The molecule has 3 atom stereocenters. The van der Waals surface area contributed by atoms with Crippen LogP contribution in [0.1, 0.15) is 27.7 Å². The maximum Gasteiger partial charge on any atom is 0.202 e. The van der Waals surface area contributed by atoms with Crippen LogP contribution in [0.2, 0.25) is 18.1 Å². The molecular weight excluding hydrogens is 280 g/mol. The van der Waals surface area contributed by atoms with Crippen LogP contribution in [0.4, 0.5) is 0 Å². The van der Waals surface area contributed by atoms with E-state index in [0.29, 0.717) is 5.57 Å². The van der Waals surface area contributed by atoms with Crippen LogP contribution < -0.4 is 0 Å². The molecule has 1 heterocycles. The molecule has 1 aliphatic heterocycles. The summed E-state index contributed by atoms with van der Waals surface area (Å²) in [6, 6.07) is 0. The van der Waals surface area contributed by atoms with Crippen molar-refractivity contribution in [1.29, 1.82) is 0 Å². The molecule has 1 saturated heterocycles. The zero-order valence-corrected chi connectivity index (χ0v) is 14.7. The zero-order valence-electron chi connectivity index (χ0n) is 13.7. The molecule has 0 saturated carbocycles. The van der Waals surface area contributed by atoms with Crippen LogP contribution in [0.5, 0.6) is 0 Å². The molecule has 21 heavy (non-hydrogen) atoms. The summed E-state index contributed by atoms with van der Waals surface area (Å²) in [4.78, 5) is 12.1. The number of allylic oxidation sites excluding steroid dienone is 1. The highest BCUT2D eigenvalue weighted by Crippen LogP contribution is 2.42. The molecule has 0 aromatic rings. The van der Waals surface area contributed by atoms with Crippen LogP contribution in [0.25, 0.3) is 0 Å². The van der Waals surface area contributed by atoms with E-state index >= 15 is 0 Å². The third-order valence-corrected chi connectivity index (χ3v) is 8.83. The first-order valence-electron chi connectivity index (χ1n) is 7.30. The fourth-order valence-corrected chi connectivity index (χ4v) is 3.21. The molecule has 4 heteroatoms. The predicted molar refractivity (Wildman–Crippen MR) is 86.4 cm³/mol. The number of ether oxygens (including phenoxy) is 1. The summed E-state index contributed by atoms with van der Waals surface area (Å²) in [5.41, 5.74) is 1.24. The van der Waals surface area contributed by atoms with Crippen LogP contribution in [-0.2, 0) is 14.0 Å². The minimum absolute atomic E-state index is 0.0242. The molecule has 2 rings (SSSR count). The van der Waals surface area contributed by atoms with E-state index in [0.717, 1.165) is 5.57 Å². The zero-order chi connectivity index (χ0) is 16.0. The molecule has 0 amide bonds. The van der Waals surface area contributed by atoms with Crippen molar-refractivity contribution in [3.63, 3.8) is 0 Å². The largest absolute Gasteiger partial charge is 0.408 e. The summed E-state index contributed by atoms with van der Waals surface area (Å²) in [5.74, 6) is 5.74. The lowest BCUT2D eigenvalue weighted by Crippen LogP contribution is -2.46. The molecule has 0 radical (unpaired) electrons. The number of rotatable bonds is 2. The minimum Gasteiger partial charge on any atom is -0.408 e. The first-order valence-corrected chi connectivity index (χ1v) is 10.2. The smallest absolute Gasteiger partial charge is 0.202 e. The Bertz CT molecular complexity index is 569. The highest BCUT2D eigenvalue weighted by atomic mass is 28.4. The Hall–Kier alpha value is -1.15. The third kappa shape index (κ3) is 3.37. The van der Waals surface area contributed by atoms with Crippen molar-refractivity contribution in [3.05, 3.63) is 23.8 Å². The molecule has 0 aromatic carbocycles. The average Bonchev–Trinajstić information content (AvgIpc) is 3.09. The van der Waals surface area contributed by atoms with Crippen LogP contribution in [0.15, 0.2) is 23.8 Å². The summed E-state index contributed by atoms with van der Waals surface area (Å²) in [7, 11) is -1.91. The van der Waals surface area contributed by atoms with Crippen molar-refractivity contribution in [2.45, 2.75) is 64.1 Å². The summed E-state index contributed by atoms with van der Waals surface area (Å²) in [6.45, 7) is 16.6. The van der Waals surface area contributed by atoms with Gasteiger partial charge in [-0.05, 0) is 36.7 Å². The van der Waals surface area contributed by atoms with Crippen LogP contribution >= 0.6 is 0 Å². The minimum atomic E-state index is -1.91. The second kappa shape index (κ2) is 5.24. The summed E-state index contributed by atoms with van der Waals surface area (Å²) in [6.07, 6.45) is 1.19. The molecule has 0 N–H and O–H groups in total. The highest BCUT2D eigenvalue weighted by molar-refractivity contribution is 6.74. The number of Topliss-reactive ketones (excluding diaryl/α,β-unsaturated/α-hetero) is 1. The fraction of sp³-hybridized carbons (Fsp3) is 0.588. The van der Waals surface area contributed by atoms with Gasteiger partial charge in [-0.3, -0.25) is 4.79 Å². The maximum absolute atomic E-state index is 12.1. The van der Waals surface area contributed by atoms with Crippen LogP contribution in [0, 0.1) is 11.8 Å². The van der Waals surface area contributed by atoms with Crippen molar-refractivity contribution < 1.29 is 14.0 Å². The summed E-state index contributed by atoms with van der Waals surface area (Å²) < 4.78 is 11.9. The van der Waals surface area contributed by atoms with Crippen LogP contribution in [0.3, 0.4) is 0 Å². The van der Waals surface area contributed by atoms with Gasteiger partial charge in [0.1, 0.15) is 6.10 Å². The fourth-order valence-electron chi connectivity index (χ4n) is 1.97. The van der Waals surface area contributed by atoms with Gasteiger partial charge in [-0.1, -0.05) is 39.2 Å². The summed E-state index contributed by atoms with van der Waals surface area (Å²) in [5, 5.41) is 0.121. The lowest BCUT2D eigenvalue weighted by molar-refractivity contribution is -0.116. The lowest BCUT2D eigenvalue weighted by Gasteiger charge is -2.38. The molecule has 114 valence electrons. The molecule has 3 nitrogen and oxygen atoms in total. The Labute approximate surface area is 128 Å². The Morgan fingerprint density at radius 1 is 1.43 bits per heavy atom. The van der Waals surface area contributed by atoms with Gasteiger partial charge in [0.05, 0.1) is 11.7 Å². The number of epoxide rings is 1. The first kappa shape index (κ1) is 16.2. The molecule has 0 unspecified atom stereocenters. The van der Waals surface area contributed by atoms with E-state index in [4.69, 9.17) is 9.16 Å². The van der Waals surface area contributed by atoms with E-state index in [1.165, 1.54) is 0 Å². The molecule has 0 aromatic heterocycles. The van der Waals surface area contributed by atoms with Gasteiger partial charge in [-0.25, -0.2) is 0 Å². The molecule has 0 spiro atoms. The predicted octanol–water partition coefficient (Wildman–Crippen LogP) is 3.23. The normalized spacial score (nSPS) is 28.2. The number of fused-ring (bicyclic) bond motifs is 1. The van der Waals surface area contributed by atoms with E-state index < -0.39 is 8.32 Å². The van der Waals surface area contributed by atoms with Crippen molar-refractivity contribution >= 4 is 14.1 Å². The lowest BCUT2D eigenvalue weighted by atomic mass is 9.96. The quantitative estimate of drug-likeness (QED) is 0.446. The Morgan fingerprint density at radius 2 is 2.05 bits per heavy atom. The second-order valence-electron chi connectivity index (χ2n) is 7.34. The molecule has 0 bridgehead atoms. The SMILES string of the molecule is C=C(C)C#CC1=C[C@@H](O[Si](C)(C)C(C)(C)C)[C@@H]2O[C@@H]2C1=O. The Balaban J connectivity index is 2.23. The van der Waals surface area contributed by atoms with E-state index in [1.807, 2.05) is 13.0 Å². The van der Waals surface area contributed by atoms with Crippen molar-refractivity contribution in [2.24, 2.45) is 0 Å². The average molecular weight is 304 g/mol. The van der Waals surface area contributed by atoms with Gasteiger partial charge in [0.15, 0.2) is 14.4 Å². The van der Waals surface area contributed by atoms with E-state index in [1.54, 1.807) is 0 Å². The van der Waals surface area contributed by atoms with Crippen molar-refractivity contribution in [1.82, 2.24) is 0 Å². The number of ketones is 1. The highest BCUT2D eigenvalue weighted by Gasteiger charge is 2.55. The van der Waals surface area contributed by atoms with Crippen molar-refractivity contribution in [2.75, 3.05) is 0 Å². The van der Waals surface area contributed by atoms with Gasteiger partial charge >= 0.3 is 0 Å². The number of carbonyl (C=O) groups is 1. The van der Waals surface area contributed by atoms with Crippen molar-refractivity contribution in [3.8, 4) is 11.8 Å². The van der Waals surface area contributed by atoms with E-state index in [2.05, 4.69) is 52.3 Å². The molecule has 1 fully saturated rings. The number of carbonyl (C=O) groups excluding carboxylic acids is 1. The topological polar surface area (TPSA) is 38.8 Å². The van der Waals surface area contributed by atoms with E-state index in [-0.39, 0.29) is 29.1 Å². The Morgan fingerprint density at radius 3 is 2.57 bits per heavy atom. The van der Waals surface area contributed by atoms with E-state index in [9.17, 15) is 4.79 Å². The van der Waals surface area contributed by atoms with Gasteiger partial charge in [0, 0.05) is 0 Å². The van der Waals surface area contributed by atoms with Gasteiger partial charge < -0.3 is 9.16 Å². The third-order valence-electron chi connectivity index (χ3n) is 4.35. The Kier molecular flexibility index (Phi) is 4.05. The van der Waals surface area contributed by atoms with Gasteiger partial charge in [0.2, 0.25) is 5.78 Å². The second-order valence-corrected chi connectivity index (χ2v) is 12.1. The molecular formula is C17H24O3Si. The maximum atomic E-state index is 12.1. The van der Waals surface area contributed by atoms with Gasteiger partial charge in [-0.15, -0.1) is 0 Å². The molecule has 2 aliphatic rings. The van der Waals surface area contributed by atoms with Gasteiger partial charge in [-0.2, -0.15) is 0 Å². The number of hydrogen-bond donors (Lipinski definition) is 0. The number of hydrogen-bond acceptors (Lipinski definition) is 3. The molecule has 1 aliphatic carbocycles. The monoisotopic (exact) mass is 304 g/mol. The first-order chi connectivity index (χ1) is 9.53. The van der Waals surface area contributed by atoms with Crippen LogP contribution in [-0.4, -0.2) is 32.4 Å². The standard InChI is InChI=1S/C17H24O3Si/c1-11(2)8-9-12-10-13(15-16(19-15)14(12)18)20-21(6,7)17(3,4)5/h10,13,15-16H,1H2,2-7H3/t13-,15+,16-/m1/s1.